The Balaban J connectivity index is 2.05. The minimum atomic E-state index is 0.514. The molecule has 1 unspecified atom stereocenters. The summed E-state index contributed by atoms with van der Waals surface area (Å²) >= 11 is 0. The molecule has 2 nitrogen and oxygen atoms in total. The van der Waals surface area contributed by atoms with Crippen LogP contribution in [0.1, 0.15) is 59.3 Å². The van der Waals surface area contributed by atoms with E-state index in [1.807, 2.05) is 0 Å². The second-order valence-corrected chi connectivity index (χ2v) is 6.46. The Morgan fingerprint density at radius 2 is 1.94 bits per heavy atom. The molecule has 1 heterocycles. The molecule has 0 amide bonds. The zero-order valence-electron chi connectivity index (χ0n) is 12.0. The zero-order chi connectivity index (χ0) is 12.3. The van der Waals surface area contributed by atoms with Gasteiger partial charge in [0.15, 0.2) is 0 Å². The van der Waals surface area contributed by atoms with Gasteiger partial charge in [0, 0.05) is 24.7 Å². The number of piperazine rings is 1. The number of rotatable bonds is 3. The van der Waals surface area contributed by atoms with Crippen molar-refractivity contribution in [3.8, 4) is 0 Å². The molecule has 1 saturated heterocycles. The molecule has 17 heavy (non-hydrogen) atoms. The molecule has 0 bridgehead atoms. The summed E-state index contributed by atoms with van der Waals surface area (Å²) in [6.45, 7) is 10.8. The molecule has 1 N–H and O–H groups in total. The van der Waals surface area contributed by atoms with E-state index >= 15 is 0 Å². The summed E-state index contributed by atoms with van der Waals surface area (Å²) in [6.07, 6.45) is 8.47. The smallest absolute Gasteiger partial charge is 0.0334 e. The van der Waals surface area contributed by atoms with Crippen molar-refractivity contribution >= 4 is 0 Å². The Morgan fingerprint density at radius 3 is 2.53 bits per heavy atom. The molecule has 1 saturated carbocycles. The van der Waals surface area contributed by atoms with Gasteiger partial charge in [-0.25, -0.2) is 0 Å². The van der Waals surface area contributed by atoms with Gasteiger partial charge < -0.3 is 5.32 Å². The van der Waals surface area contributed by atoms with Gasteiger partial charge in [0.25, 0.3) is 0 Å². The van der Waals surface area contributed by atoms with Crippen LogP contribution in [-0.2, 0) is 0 Å². The minimum Gasteiger partial charge on any atom is -0.311 e. The van der Waals surface area contributed by atoms with Gasteiger partial charge in [-0.15, -0.1) is 0 Å². The quantitative estimate of drug-likeness (QED) is 0.813. The molecule has 1 aliphatic heterocycles. The third-order valence-corrected chi connectivity index (χ3v) is 4.86. The van der Waals surface area contributed by atoms with Crippen molar-refractivity contribution in [3.05, 3.63) is 0 Å². The first-order chi connectivity index (χ1) is 8.18. The highest BCUT2D eigenvalue weighted by molar-refractivity contribution is 5.00. The van der Waals surface area contributed by atoms with Crippen LogP contribution >= 0.6 is 0 Å². The molecule has 2 aliphatic rings. The first kappa shape index (κ1) is 13.4. The van der Waals surface area contributed by atoms with E-state index in [-0.39, 0.29) is 0 Å². The van der Waals surface area contributed by atoms with E-state index in [1.165, 1.54) is 58.2 Å². The van der Waals surface area contributed by atoms with Crippen LogP contribution in [0.25, 0.3) is 0 Å². The van der Waals surface area contributed by atoms with Crippen LogP contribution in [0.4, 0.5) is 0 Å². The lowest BCUT2D eigenvalue weighted by Crippen LogP contribution is -2.66. The first-order valence-corrected chi connectivity index (χ1v) is 7.66. The SMILES string of the molecule is CCCN1CC(C(C)C)NCC12CCCCC2. The Bertz CT molecular complexity index is 231. The maximum Gasteiger partial charge on any atom is 0.0334 e. The predicted molar refractivity (Wildman–Crippen MR) is 74.3 cm³/mol. The van der Waals surface area contributed by atoms with E-state index < -0.39 is 0 Å². The molecule has 0 radical (unpaired) electrons. The van der Waals surface area contributed by atoms with E-state index in [0.717, 1.165) is 5.92 Å². The van der Waals surface area contributed by atoms with Gasteiger partial charge in [-0.2, -0.15) is 0 Å². The van der Waals surface area contributed by atoms with Crippen LogP contribution < -0.4 is 5.32 Å². The molecule has 2 fully saturated rings. The third-order valence-electron chi connectivity index (χ3n) is 4.86. The summed E-state index contributed by atoms with van der Waals surface area (Å²) in [6, 6.07) is 0.703. The lowest BCUT2D eigenvalue weighted by molar-refractivity contribution is 0.00233. The average molecular weight is 238 g/mol. The monoisotopic (exact) mass is 238 g/mol. The standard InChI is InChI=1S/C15H30N2/c1-4-10-17-11-14(13(2)3)16-12-15(17)8-6-5-7-9-15/h13-14,16H,4-12H2,1-3H3. The van der Waals surface area contributed by atoms with Crippen molar-refractivity contribution in [3.63, 3.8) is 0 Å². The molecular formula is C15H30N2. The van der Waals surface area contributed by atoms with Crippen molar-refractivity contribution in [1.82, 2.24) is 10.2 Å². The molecule has 1 aliphatic carbocycles. The van der Waals surface area contributed by atoms with Crippen molar-refractivity contribution in [2.24, 2.45) is 5.92 Å². The Labute approximate surface area is 107 Å². The minimum absolute atomic E-state index is 0.514. The average Bonchev–Trinajstić information content (AvgIpc) is 2.33. The largest absolute Gasteiger partial charge is 0.311 e. The van der Waals surface area contributed by atoms with E-state index in [1.54, 1.807) is 0 Å². The van der Waals surface area contributed by atoms with Gasteiger partial charge in [0.1, 0.15) is 0 Å². The summed E-state index contributed by atoms with van der Waals surface area (Å²) in [5, 5.41) is 3.83. The maximum atomic E-state index is 3.83. The fourth-order valence-electron chi connectivity index (χ4n) is 3.68. The van der Waals surface area contributed by atoms with E-state index in [0.29, 0.717) is 11.6 Å². The van der Waals surface area contributed by atoms with Gasteiger partial charge in [0.05, 0.1) is 0 Å². The molecule has 0 aromatic heterocycles. The fourth-order valence-corrected chi connectivity index (χ4v) is 3.68. The van der Waals surface area contributed by atoms with Gasteiger partial charge in [0.2, 0.25) is 0 Å². The van der Waals surface area contributed by atoms with Crippen LogP contribution in [0.2, 0.25) is 0 Å². The van der Waals surface area contributed by atoms with Crippen LogP contribution in [0, 0.1) is 5.92 Å². The summed E-state index contributed by atoms with van der Waals surface area (Å²) in [5.74, 6) is 0.760. The number of hydrogen-bond acceptors (Lipinski definition) is 2. The van der Waals surface area contributed by atoms with Crippen molar-refractivity contribution in [2.75, 3.05) is 19.6 Å². The highest BCUT2D eigenvalue weighted by Crippen LogP contribution is 2.36. The van der Waals surface area contributed by atoms with Crippen LogP contribution in [0.5, 0.6) is 0 Å². The molecule has 2 rings (SSSR count). The first-order valence-electron chi connectivity index (χ1n) is 7.66. The molecular weight excluding hydrogens is 208 g/mol. The lowest BCUT2D eigenvalue weighted by Gasteiger charge is -2.53. The van der Waals surface area contributed by atoms with E-state index in [9.17, 15) is 0 Å². The highest BCUT2D eigenvalue weighted by Gasteiger charge is 2.41. The Kier molecular flexibility index (Phi) is 4.48. The summed E-state index contributed by atoms with van der Waals surface area (Å²) < 4.78 is 0. The van der Waals surface area contributed by atoms with Crippen LogP contribution in [0.3, 0.4) is 0 Å². The van der Waals surface area contributed by atoms with Gasteiger partial charge in [-0.05, 0) is 31.7 Å². The molecule has 1 spiro atoms. The number of nitrogens with one attached hydrogen (secondary N) is 1. The van der Waals surface area contributed by atoms with Gasteiger partial charge in [-0.3, -0.25) is 4.90 Å². The summed E-state index contributed by atoms with van der Waals surface area (Å²) in [5.41, 5.74) is 0.514. The van der Waals surface area contributed by atoms with Gasteiger partial charge >= 0.3 is 0 Å². The lowest BCUT2D eigenvalue weighted by atomic mass is 9.77. The topological polar surface area (TPSA) is 15.3 Å². The van der Waals surface area contributed by atoms with Crippen LogP contribution in [-0.4, -0.2) is 36.1 Å². The number of nitrogens with zero attached hydrogens (tertiary/aromatic N) is 1. The number of hydrogen-bond donors (Lipinski definition) is 1. The highest BCUT2D eigenvalue weighted by atomic mass is 15.3. The summed E-state index contributed by atoms with van der Waals surface area (Å²) in [4.78, 5) is 2.83. The Morgan fingerprint density at radius 1 is 1.24 bits per heavy atom. The summed E-state index contributed by atoms with van der Waals surface area (Å²) in [7, 11) is 0. The normalized spacial score (nSPS) is 30.0. The maximum absolute atomic E-state index is 3.83. The second-order valence-electron chi connectivity index (χ2n) is 6.46. The molecule has 2 heteroatoms. The van der Waals surface area contributed by atoms with Crippen molar-refractivity contribution in [1.29, 1.82) is 0 Å². The zero-order valence-corrected chi connectivity index (χ0v) is 12.0. The van der Waals surface area contributed by atoms with Crippen molar-refractivity contribution < 1.29 is 0 Å². The van der Waals surface area contributed by atoms with E-state index in [4.69, 9.17) is 0 Å². The predicted octanol–water partition coefficient (Wildman–Crippen LogP) is 3.03. The van der Waals surface area contributed by atoms with E-state index in [2.05, 4.69) is 31.0 Å². The molecule has 0 aromatic carbocycles. The molecule has 1 atom stereocenters. The van der Waals surface area contributed by atoms with Crippen molar-refractivity contribution in [2.45, 2.75) is 70.9 Å². The fraction of sp³-hybridized carbons (Fsp3) is 1.00. The molecule has 0 aromatic rings. The second kappa shape index (κ2) is 5.71. The molecule has 100 valence electrons. The third kappa shape index (κ3) is 2.85. The Hall–Kier alpha value is -0.0800. The van der Waals surface area contributed by atoms with Crippen LogP contribution in [0.15, 0.2) is 0 Å². The van der Waals surface area contributed by atoms with Gasteiger partial charge in [-0.1, -0.05) is 40.0 Å².